The molecule has 0 spiro atoms. The Labute approximate surface area is 334 Å². The van der Waals surface area contributed by atoms with E-state index in [2.05, 4.69) is 216 Å². The molecule has 0 aliphatic heterocycles. The van der Waals surface area contributed by atoms with Crippen LogP contribution in [0.3, 0.4) is 0 Å². The molecule has 272 valence electrons. The first-order chi connectivity index (χ1) is 28.8. The van der Waals surface area contributed by atoms with Crippen molar-refractivity contribution in [2.75, 3.05) is 4.90 Å². The summed E-state index contributed by atoms with van der Waals surface area (Å²) in [5.41, 5.74) is 14.4. The lowest BCUT2D eigenvalue weighted by Gasteiger charge is -2.26. The molecular formula is C54H34N2O2. The highest BCUT2D eigenvalue weighted by molar-refractivity contribution is 6.25. The molecule has 58 heavy (non-hydrogen) atoms. The molecule has 3 heterocycles. The van der Waals surface area contributed by atoms with E-state index in [4.69, 9.17) is 8.83 Å². The number of para-hydroxylation sites is 3. The molecule has 0 aliphatic rings. The molecule has 4 heteroatoms. The summed E-state index contributed by atoms with van der Waals surface area (Å²) in [6.45, 7) is 0. The van der Waals surface area contributed by atoms with Gasteiger partial charge in [0.1, 0.15) is 22.3 Å². The van der Waals surface area contributed by atoms with E-state index in [1.54, 1.807) is 0 Å². The molecule has 0 aliphatic carbocycles. The first kappa shape index (κ1) is 32.4. The normalized spacial score (nSPS) is 11.8. The Morgan fingerprint density at radius 3 is 1.81 bits per heavy atom. The van der Waals surface area contributed by atoms with Crippen molar-refractivity contribution in [3.05, 3.63) is 206 Å². The van der Waals surface area contributed by atoms with Crippen molar-refractivity contribution >= 4 is 82.7 Å². The smallest absolute Gasteiger partial charge is 0.147 e. The van der Waals surface area contributed by atoms with Crippen molar-refractivity contribution < 1.29 is 8.83 Å². The molecule has 3 aromatic heterocycles. The summed E-state index contributed by atoms with van der Waals surface area (Å²) in [6, 6.07) is 73.0. The van der Waals surface area contributed by atoms with Crippen molar-refractivity contribution in [3.8, 4) is 27.9 Å². The molecule has 12 aromatic rings. The Morgan fingerprint density at radius 1 is 0.345 bits per heavy atom. The van der Waals surface area contributed by atoms with E-state index in [0.717, 1.165) is 83.3 Å². The number of anilines is 3. The van der Waals surface area contributed by atoms with E-state index >= 15 is 0 Å². The van der Waals surface area contributed by atoms with Crippen LogP contribution in [-0.2, 0) is 0 Å². The summed E-state index contributed by atoms with van der Waals surface area (Å²) < 4.78 is 16.0. The Hall–Kier alpha value is -7.82. The molecule has 0 atom stereocenters. The fourth-order valence-electron chi connectivity index (χ4n) is 8.95. The molecule has 0 bridgehead atoms. The fourth-order valence-corrected chi connectivity index (χ4v) is 8.95. The maximum Gasteiger partial charge on any atom is 0.147 e. The molecule has 0 radical (unpaired) electrons. The van der Waals surface area contributed by atoms with Crippen LogP contribution in [0.1, 0.15) is 0 Å². The molecule has 0 amide bonds. The van der Waals surface area contributed by atoms with Gasteiger partial charge in [-0.25, -0.2) is 0 Å². The predicted molar refractivity (Wildman–Crippen MR) is 241 cm³/mol. The van der Waals surface area contributed by atoms with Crippen LogP contribution in [-0.4, -0.2) is 4.57 Å². The third kappa shape index (κ3) is 5.02. The molecule has 4 nitrogen and oxygen atoms in total. The first-order valence-corrected chi connectivity index (χ1v) is 19.7. The maximum atomic E-state index is 6.96. The van der Waals surface area contributed by atoms with E-state index in [1.165, 1.54) is 27.4 Å². The molecule has 9 aromatic carbocycles. The van der Waals surface area contributed by atoms with Crippen molar-refractivity contribution in [2.24, 2.45) is 0 Å². The maximum absolute atomic E-state index is 6.96. The number of nitrogens with zero attached hydrogens (tertiary/aromatic N) is 2. The summed E-state index contributed by atoms with van der Waals surface area (Å²) in [5, 5.41) is 6.58. The van der Waals surface area contributed by atoms with Gasteiger partial charge in [-0.05, 0) is 107 Å². The second-order valence-electron chi connectivity index (χ2n) is 14.9. The summed E-state index contributed by atoms with van der Waals surface area (Å²) in [5.74, 6) is 0. The van der Waals surface area contributed by atoms with Gasteiger partial charge in [0.25, 0.3) is 0 Å². The molecule has 0 N–H and O–H groups in total. The van der Waals surface area contributed by atoms with Crippen molar-refractivity contribution in [1.29, 1.82) is 0 Å². The second kappa shape index (κ2) is 12.9. The zero-order chi connectivity index (χ0) is 38.2. The number of rotatable bonds is 6. The van der Waals surface area contributed by atoms with Crippen molar-refractivity contribution in [2.45, 2.75) is 0 Å². The Morgan fingerprint density at radius 2 is 0.966 bits per heavy atom. The van der Waals surface area contributed by atoms with Crippen molar-refractivity contribution in [1.82, 2.24) is 4.57 Å². The minimum atomic E-state index is 0.791. The molecular weight excluding hydrogens is 709 g/mol. The number of hydrogen-bond donors (Lipinski definition) is 0. The van der Waals surface area contributed by atoms with E-state index in [-0.39, 0.29) is 0 Å². The number of fused-ring (bicyclic) bond motifs is 10. The third-order valence-electron chi connectivity index (χ3n) is 11.6. The first-order valence-electron chi connectivity index (χ1n) is 19.7. The van der Waals surface area contributed by atoms with Gasteiger partial charge in [-0.1, -0.05) is 121 Å². The SMILES string of the molecule is c1ccc(-c2cccc(N(c3ccccc3)c3cccc4oc5ccc6c7ccc(-c8ccc9c%10ccccc%10n(-c%10ccccc%10)c9c8)cc7oc6c5c34)c2)cc1. The van der Waals surface area contributed by atoms with Crippen LogP contribution in [0.5, 0.6) is 0 Å². The second-order valence-corrected chi connectivity index (χ2v) is 14.9. The third-order valence-corrected chi connectivity index (χ3v) is 11.6. The van der Waals surface area contributed by atoms with Crippen LogP contribution in [0.15, 0.2) is 215 Å². The highest BCUT2D eigenvalue weighted by atomic mass is 16.3. The van der Waals surface area contributed by atoms with Gasteiger partial charge < -0.3 is 18.3 Å². The predicted octanol–water partition coefficient (Wildman–Crippen LogP) is 15.4. The number of furan rings is 2. The van der Waals surface area contributed by atoms with Gasteiger partial charge in [-0.2, -0.15) is 0 Å². The minimum Gasteiger partial charge on any atom is -0.456 e. The Bertz CT molecular complexity index is 3500. The monoisotopic (exact) mass is 742 g/mol. The highest BCUT2D eigenvalue weighted by Gasteiger charge is 2.23. The average Bonchev–Trinajstić information content (AvgIpc) is 3.97. The largest absolute Gasteiger partial charge is 0.456 e. The fraction of sp³-hybridized carbons (Fsp3) is 0. The van der Waals surface area contributed by atoms with Crippen LogP contribution in [0.2, 0.25) is 0 Å². The Balaban J connectivity index is 1.05. The van der Waals surface area contributed by atoms with E-state index in [1.807, 2.05) is 0 Å². The summed E-state index contributed by atoms with van der Waals surface area (Å²) in [6.07, 6.45) is 0. The van der Waals surface area contributed by atoms with Crippen molar-refractivity contribution in [3.63, 3.8) is 0 Å². The van der Waals surface area contributed by atoms with Gasteiger partial charge in [0.15, 0.2) is 0 Å². The summed E-state index contributed by atoms with van der Waals surface area (Å²) in [7, 11) is 0. The van der Waals surface area contributed by atoms with E-state index in [9.17, 15) is 0 Å². The lowest BCUT2D eigenvalue weighted by atomic mass is 10.0. The Kier molecular flexibility index (Phi) is 7.20. The topological polar surface area (TPSA) is 34.5 Å². The number of benzene rings is 9. The van der Waals surface area contributed by atoms with Gasteiger partial charge in [0, 0.05) is 38.6 Å². The van der Waals surface area contributed by atoms with Crippen LogP contribution in [0, 0.1) is 0 Å². The quantitative estimate of drug-likeness (QED) is 0.170. The minimum absolute atomic E-state index is 0.791. The molecule has 0 saturated carbocycles. The van der Waals surface area contributed by atoms with Gasteiger partial charge >= 0.3 is 0 Å². The standard InChI is InChI=1S/C54H34N2O2/c1-4-14-35(15-5-1)36-16-12-21-41(32-36)55(39-17-6-2-7-18-39)47-24-13-25-49-52(47)53-50(57-49)31-30-45-44-29-27-38(34-51(44)58-54(45)53)37-26-28-43-42-22-10-11-23-46(42)56(48(43)33-37)40-19-8-3-9-20-40/h1-34H. The molecule has 12 rings (SSSR count). The summed E-state index contributed by atoms with van der Waals surface area (Å²) >= 11 is 0. The highest BCUT2D eigenvalue weighted by Crippen LogP contribution is 2.47. The van der Waals surface area contributed by atoms with Crippen LogP contribution in [0.25, 0.3) is 93.6 Å². The van der Waals surface area contributed by atoms with Crippen LogP contribution >= 0.6 is 0 Å². The number of hydrogen-bond acceptors (Lipinski definition) is 3. The lowest BCUT2D eigenvalue weighted by Crippen LogP contribution is -2.10. The van der Waals surface area contributed by atoms with E-state index in [0.29, 0.717) is 0 Å². The zero-order valence-electron chi connectivity index (χ0n) is 31.3. The average molecular weight is 743 g/mol. The van der Waals surface area contributed by atoms with E-state index < -0.39 is 0 Å². The zero-order valence-corrected chi connectivity index (χ0v) is 31.3. The lowest BCUT2D eigenvalue weighted by molar-refractivity contribution is 0.663. The molecule has 0 fully saturated rings. The van der Waals surface area contributed by atoms with Gasteiger partial charge in [0.2, 0.25) is 0 Å². The van der Waals surface area contributed by atoms with Gasteiger partial charge in [-0.15, -0.1) is 0 Å². The molecule has 0 saturated heterocycles. The number of aromatic nitrogens is 1. The van der Waals surface area contributed by atoms with Gasteiger partial charge in [0.05, 0.1) is 27.5 Å². The summed E-state index contributed by atoms with van der Waals surface area (Å²) in [4.78, 5) is 2.33. The van der Waals surface area contributed by atoms with Crippen LogP contribution < -0.4 is 4.90 Å². The van der Waals surface area contributed by atoms with Gasteiger partial charge in [-0.3, -0.25) is 0 Å². The molecule has 0 unspecified atom stereocenters. The van der Waals surface area contributed by atoms with Crippen LogP contribution in [0.4, 0.5) is 17.1 Å².